The van der Waals surface area contributed by atoms with Crippen molar-refractivity contribution >= 4 is 0 Å². The molecule has 0 aliphatic heterocycles. The molecule has 0 aliphatic carbocycles. The molecule has 0 saturated carbocycles. The summed E-state index contributed by atoms with van der Waals surface area (Å²) in [5, 5.41) is 0. The van der Waals surface area contributed by atoms with Gasteiger partial charge in [-0.05, 0) is 17.7 Å². The molecule has 0 heterocycles. The standard InChI is InChI=1S/C11H8F9N/c12-9(13,14)4-8(21)6-2-1-5(10(15,16)17)3-7(6)11(18,19)20/h1-3,8H,4,21H2/t8-/m0/s1. The first-order valence-corrected chi connectivity index (χ1v) is 5.32. The van der Waals surface area contributed by atoms with Gasteiger partial charge in [-0.25, -0.2) is 0 Å². The Hall–Kier alpha value is -1.45. The second-order valence-electron chi connectivity index (χ2n) is 4.22. The zero-order valence-electron chi connectivity index (χ0n) is 10.00. The Bertz CT molecular complexity index is 498. The molecule has 1 nitrogen and oxygen atoms in total. The van der Waals surface area contributed by atoms with Crippen molar-refractivity contribution in [2.24, 2.45) is 5.73 Å². The summed E-state index contributed by atoms with van der Waals surface area (Å²) >= 11 is 0. The van der Waals surface area contributed by atoms with Crippen LogP contribution in [0.5, 0.6) is 0 Å². The first-order valence-electron chi connectivity index (χ1n) is 5.32. The number of hydrogen-bond donors (Lipinski definition) is 1. The maximum Gasteiger partial charge on any atom is 0.416 e. The fourth-order valence-corrected chi connectivity index (χ4v) is 1.66. The topological polar surface area (TPSA) is 26.0 Å². The summed E-state index contributed by atoms with van der Waals surface area (Å²) in [5.74, 6) is 0. The lowest BCUT2D eigenvalue weighted by atomic mass is 9.95. The van der Waals surface area contributed by atoms with Crippen LogP contribution in [0.4, 0.5) is 39.5 Å². The molecule has 0 radical (unpaired) electrons. The second kappa shape index (κ2) is 5.39. The highest BCUT2D eigenvalue weighted by Gasteiger charge is 2.40. The number of benzene rings is 1. The summed E-state index contributed by atoms with van der Waals surface area (Å²) in [7, 11) is 0. The molecule has 21 heavy (non-hydrogen) atoms. The van der Waals surface area contributed by atoms with E-state index in [9.17, 15) is 39.5 Å². The van der Waals surface area contributed by atoms with Gasteiger partial charge in [0, 0.05) is 6.04 Å². The molecule has 1 aromatic rings. The Kier molecular flexibility index (Phi) is 4.52. The summed E-state index contributed by atoms with van der Waals surface area (Å²) in [4.78, 5) is 0. The van der Waals surface area contributed by atoms with Gasteiger partial charge in [-0.15, -0.1) is 0 Å². The van der Waals surface area contributed by atoms with Crippen LogP contribution >= 0.6 is 0 Å². The molecule has 10 heteroatoms. The Morgan fingerprint density at radius 3 is 1.76 bits per heavy atom. The average molecular weight is 325 g/mol. The molecule has 1 atom stereocenters. The van der Waals surface area contributed by atoms with E-state index in [0.29, 0.717) is 6.07 Å². The lowest BCUT2D eigenvalue weighted by Gasteiger charge is -2.21. The molecule has 0 bridgehead atoms. The number of nitrogens with two attached hydrogens (primary N) is 1. The van der Waals surface area contributed by atoms with Crippen molar-refractivity contribution in [1.82, 2.24) is 0 Å². The molecule has 0 saturated heterocycles. The number of rotatable bonds is 2. The second-order valence-corrected chi connectivity index (χ2v) is 4.22. The van der Waals surface area contributed by atoms with E-state index in [-0.39, 0.29) is 12.1 Å². The Labute approximate surface area is 112 Å². The third-order valence-corrected chi connectivity index (χ3v) is 2.54. The van der Waals surface area contributed by atoms with Crippen LogP contribution in [0.25, 0.3) is 0 Å². The normalized spacial score (nSPS) is 15.1. The van der Waals surface area contributed by atoms with Gasteiger partial charge in [0.2, 0.25) is 0 Å². The first kappa shape index (κ1) is 17.6. The van der Waals surface area contributed by atoms with E-state index < -0.39 is 47.7 Å². The highest BCUT2D eigenvalue weighted by Crippen LogP contribution is 2.40. The van der Waals surface area contributed by atoms with Gasteiger partial charge in [-0.3, -0.25) is 0 Å². The number of halogens is 9. The quantitative estimate of drug-likeness (QED) is 0.785. The minimum Gasteiger partial charge on any atom is -0.324 e. The number of hydrogen-bond acceptors (Lipinski definition) is 1. The van der Waals surface area contributed by atoms with Crippen LogP contribution in [0.3, 0.4) is 0 Å². The van der Waals surface area contributed by atoms with Crippen molar-refractivity contribution in [3.05, 3.63) is 34.9 Å². The summed E-state index contributed by atoms with van der Waals surface area (Å²) in [6.45, 7) is 0. The van der Waals surface area contributed by atoms with Gasteiger partial charge in [0.25, 0.3) is 0 Å². The SMILES string of the molecule is N[C@@H](CC(F)(F)F)c1ccc(C(F)(F)F)cc1C(F)(F)F. The van der Waals surface area contributed by atoms with E-state index in [1.807, 2.05) is 0 Å². The molecule has 120 valence electrons. The zero-order chi connectivity index (χ0) is 16.6. The first-order chi connectivity index (χ1) is 9.22. The van der Waals surface area contributed by atoms with Crippen LogP contribution in [-0.4, -0.2) is 6.18 Å². The van der Waals surface area contributed by atoms with Crippen molar-refractivity contribution in [3.8, 4) is 0 Å². The molecular weight excluding hydrogens is 317 g/mol. The third-order valence-electron chi connectivity index (χ3n) is 2.54. The molecule has 0 fully saturated rings. The van der Waals surface area contributed by atoms with Gasteiger partial charge < -0.3 is 5.73 Å². The van der Waals surface area contributed by atoms with Crippen LogP contribution in [0.15, 0.2) is 18.2 Å². The van der Waals surface area contributed by atoms with E-state index in [1.54, 1.807) is 0 Å². The minimum atomic E-state index is -5.25. The average Bonchev–Trinajstić information content (AvgIpc) is 2.23. The van der Waals surface area contributed by atoms with Gasteiger partial charge >= 0.3 is 18.5 Å². The molecule has 1 aromatic carbocycles. The van der Waals surface area contributed by atoms with Crippen LogP contribution in [-0.2, 0) is 12.4 Å². The van der Waals surface area contributed by atoms with Crippen LogP contribution in [0, 0.1) is 0 Å². The molecule has 0 unspecified atom stereocenters. The fourth-order valence-electron chi connectivity index (χ4n) is 1.66. The smallest absolute Gasteiger partial charge is 0.324 e. The summed E-state index contributed by atoms with van der Waals surface area (Å²) in [5.41, 5.74) is 0.564. The zero-order valence-corrected chi connectivity index (χ0v) is 10.00. The highest BCUT2D eigenvalue weighted by atomic mass is 19.4. The van der Waals surface area contributed by atoms with Gasteiger partial charge in [0.1, 0.15) is 0 Å². The molecule has 0 spiro atoms. The van der Waals surface area contributed by atoms with Crippen LogP contribution < -0.4 is 5.73 Å². The Morgan fingerprint density at radius 2 is 1.38 bits per heavy atom. The maximum absolute atomic E-state index is 12.7. The van der Waals surface area contributed by atoms with Crippen molar-refractivity contribution < 1.29 is 39.5 Å². The van der Waals surface area contributed by atoms with Gasteiger partial charge in [0.05, 0.1) is 17.5 Å². The molecule has 1 rings (SSSR count). The van der Waals surface area contributed by atoms with Crippen LogP contribution in [0.2, 0.25) is 0 Å². The Morgan fingerprint density at radius 1 is 0.857 bits per heavy atom. The summed E-state index contributed by atoms with van der Waals surface area (Å²) in [6, 6.07) is -1.77. The third kappa shape index (κ3) is 4.80. The summed E-state index contributed by atoms with van der Waals surface area (Å²) < 4.78 is 112. The van der Waals surface area contributed by atoms with Crippen molar-refractivity contribution in [2.45, 2.75) is 31.0 Å². The van der Waals surface area contributed by atoms with Gasteiger partial charge in [-0.1, -0.05) is 6.07 Å². The molecule has 0 aliphatic rings. The van der Waals surface area contributed by atoms with E-state index in [0.717, 1.165) is 0 Å². The largest absolute Gasteiger partial charge is 0.416 e. The predicted molar refractivity (Wildman–Crippen MR) is 54.0 cm³/mol. The highest BCUT2D eigenvalue weighted by molar-refractivity contribution is 5.37. The molecular formula is C11H8F9N. The lowest BCUT2D eigenvalue weighted by Crippen LogP contribution is -2.24. The van der Waals surface area contributed by atoms with Crippen molar-refractivity contribution in [2.75, 3.05) is 0 Å². The minimum absolute atomic E-state index is 0.244. The van der Waals surface area contributed by atoms with Crippen molar-refractivity contribution in [3.63, 3.8) is 0 Å². The van der Waals surface area contributed by atoms with E-state index >= 15 is 0 Å². The molecule has 0 aromatic heterocycles. The van der Waals surface area contributed by atoms with Gasteiger partial charge in [0.15, 0.2) is 0 Å². The van der Waals surface area contributed by atoms with E-state index in [1.165, 1.54) is 0 Å². The van der Waals surface area contributed by atoms with Crippen LogP contribution in [0.1, 0.15) is 29.2 Å². The fraction of sp³-hybridized carbons (Fsp3) is 0.455. The van der Waals surface area contributed by atoms with E-state index in [2.05, 4.69) is 0 Å². The molecule has 0 amide bonds. The maximum atomic E-state index is 12.7. The summed E-state index contributed by atoms with van der Waals surface area (Å²) in [6.07, 6.45) is -16.9. The predicted octanol–water partition coefficient (Wildman–Crippen LogP) is 4.68. The van der Waals surface area contributed by atoms with Gasteiger partial charge in [-0.2, -0.15) is 39.5 Å². The monoisotopic (exact) mass is 325 g/mol. The van der Waals surface area contributed by atoms with Crippen molar-refractivity contribution in [1.29, 1.82) is 0 Å². The Balaban J connectivity index is 3.33. The molecule has 2 N–H and O–H groups in total. The van der Waals surface area contributed by atoms with E-state index in [4.69, 9.17) is 5.73 Å². The number of alkyl halides is 9. The lowest BCUT2D eigenvalue weighted by molar-refractivity contribution is -0.147.